The van der Waals surface area contributed by atoms with Gasteiger partial charge in [0.15, 0.2) is 5.82 Å². The van der Waals surface area contributed by atoms with Crippen LogP contribution >= 0.6 is 11.6 Å². The molecule has 6 heteroatoms. The van der Waals surface area contributed by atoms with Gasteiger partial charge >= 0.3 is 0 Å². The van der Waals surface area contributed by atoms with Gasteiger partial charge in [0, 0.05) is 0 Å². The van der Waals surface area contributed by atoms with Crippen LogP contribution in [-0.4, -0.2) is 27.2 Å². The number of aliphatic hydroxyl groups is 1. The Hall–Kier alpha value is -1.07. The third-order valence-corrected chi connectivity index (χ3v) is 3.20. The lowest BCUT2D eigenvalue weighted by Gasteiger charge is -2.28. The van der Waals surface area contributed by atoms with Gasteiger partial charge in [0.1, 0.15) is 5.02 Å². The Morgan fingerprint density at radius 2 is 2.25 bits per heavy atom. The van der Waals surface area contributed by atoms with Crippen molar-refractivity contribution in [1.82, 2.24) is 9.97 Å². The number of hydrogen-bond donors (Lipinski definition) is 3. The number of H-pyrrole nitrogens is 1. The van der Waals surface area contributed by atoms with E-state index in [4.69, 9.17) is 11.6 Å². The topological polar surface area (TPSA) is 78.0 Å². The first-order valence-corrected chi connectivity index (χ1v) is 5.74. The van der Waals surface area contributed by atoms with Crippen LogP contribution in [0, 0.1) is 0 Å². The van der Waals surface area contributed by atoms with Gasteiger partial charge in [-0.15, -0.1) is 0 Å². The maximum atomic E-state index is 11.2. The molecule has 2 unspecified atom stereocenters. The molecule has 1 saturated carbocycles. The van der Waals surface area contributed by atoms with Gasteiger partial charge < -0.3 is 15.4 Å². The summed E-state index contributed by atoms with van der Waals surface area (Å²) in [6, 6.07) is -0.0689. The van der Waals surface area contributed by atoms with Gasteiger partial charge in [-0.2, -0.15) is 0 Å². The molecule has 0 amide bonds. The van der Waals surface area contributed by atoms with E-state index in [1.807, 2.05) is 0 Å². The van der Waals surface area contributed by atoms with Crippen molar-refractivity contribution in [3.05, 3.63) is 21.7 Å². The first-order valence-electron chi connectivity index (χ1n) is 5.36. The second-order valence-corrected chi connectivity index (χ2v) is 4.37. The quantitative estimate of drug-likeness (QED) is 0.728. The highest BCUT2D eigenvalue weighted by Crippen LogP contribution is 2.23. The maximum absolute atomic E-state index is 11.2. The van der Waals surface area contributed by atoms with Crippen molar-refractivity contribution >= 4 is 17.4 Å². The van der Waals surface area contributed by atoms with E-state index in [0.717, 1.165) is 25.7 Å². The average molecular weight is 244 g/mol. The van der Waals surface area contributed by atoms with Crippen molar-refractivity contribution in [1.29, 1.82) is 0 Å². The highest BCUT2D eigenvalue weighted by atomic mass is 35.5. The molecule has 1 aromatic heterocycles. The lowest BCUT2D eigenvalue weighted by molar-refractivity contribution is 0.116. The van der Waals surface area contributed by atoms with Crippen LogP contribution in [0.5, 0.6) is 0 Å². The molecule has 5 nitrogen and oxygen atoms in total. The zero-order valence-corrected chi connectivity index (χ0v) is 9.50. The Kier molecular flexibility index (Phi) is 3.46. The number of nitrogens with zero attached hydrogens (tertiary/aromatic N) is 1. The summed E-state index contributed by atoms with van der Waals surface area (Å²) >= 11 is 5.81. The van der Waals surface area contributed by atoms with Crippen molar-refractivity contribution < 1.29 is 5.11 Å². The third kappa shape index (κ3) is 2.36. The summed E-state index contributed by atoms with van der Waals surface area (Å²) in [5, 5.41) is 12.8. The van der Waals surface area contributed by atoms with Crippen LogP contribution in [-0.2, 0) is 0 Å². The third-order valence-electron chi connectivity index (χ3n) is 2.85. The minimum absolute atomic E-state index is 0.0419. The molecule has 16 heavy (non-hydrogen) atoms. The molecule has 2 atom stereocenters. The van der Waals surface area contributed by atoms with Gasteiger partial charge in [-0.05, 0) is 12.8 Å². The molecule has 1 aliphatic rings. The Bertz CT molecular complexity index is 421. The summed E-state index contributed by atoms with van der Waals surface area (Å²) in [5.74, 6) is 0.344. The van der Waals surface area contributed by atoms with Crippen LogP contribution in [0.15, 0.2) is 11.1 Å². The standard InChI is InChI=1S/C10H14ClN3O2/c11-8-9(12-5-13-10(8)16)14-6-3-1-2-4-7(6)15/h5-7,15H,1-4H2,(H2,12,13,14,16). The van der Waals surface area contributed by atoms with Gasteiger partial charge in [0.25, 0.3) is 5.56 Å². The number of halogens is 1. The number of anilines is 1. The van der Waals surface area contributed by atoms with E-state index in [1.54, 1.807) is 0 Å². The summed E-state index contributed by atoms with van der Waals surface area (Å²) in [7, 11) is 0. The molecule has 0 aliphatic heterocycles. The predicted octanol–water partition coefficient (Wildman–Crippen LogP) is 1.14. The number of nitrogens with one attached hydrogen (secondary N) is 2. The van der Waals surface area contributed by atoms with Gasteiger partial charge in [0.05, 0.1) is 18.5 Å². The molecule has 0 spiro atoms. The molecule has 1 fully saturated rings. The fraction of sp³-hybridized carbons (Fsp3) is 0.600. The van der Waals surface area contributed by atoms with Crippen LogP contribution in [0.4, 0.5) is 5.82 Å². The second kappa shape index (κ2) is 4.84. The van der Waals surface area contributed by atoms with Crippen LogP contribution in [0.1, 0.15) is 25.7 Å². The molecule has 0 bridgehead atoms. The summed E-state index contributed by atoms with van der Waals surface area (Å²) in [5.41, 5.74) is -0.371. The zero-order valence-electron chi connectivity index (χ0n) is 8.74. The van der Waals surface area contributed by atoms with Gasteiger partial charge in [-0.3, -0.25) is 4.79 Å². The van der Waals surface area contributed by atoms with Crippen LogP contribution in [0.3, 0.4) is 0 Å². The molecule has 88 valence electrons. The number of rotatable bonds is 2. The first kappa shape index (κ1) is 11.4. The second-order valence-electron chi connectivity index (χ2n) is 4.00. The SMILES string of the molecule is O=c1[nH]cnc(NC2CCCCC2O)c1Cl. The number of aliphatic hydroxyl groups excluding tert-OH is 1. The van der Waals surface area contributed by atoms with Gasteiger partial charge in [0.2, 0.25) is 0 Å². The number of hydrogen-bond acceptors (Lipinski definition) is 4. The van der Waals surface area contributed by atoms with E-state index >= 15 is 0 Å². The Balaban J connectivity index is 2.14. The molecule has 2 rings (SSSR count). The summed E-state index contributed by atoms with van der Waals surface area (Å²) in [6.07, 6.45) is 4.65. The van der Waals surface area contributed by atoms with Crippen LogP contribution in [0.25, 0.3) is 0 Å². The molecule has 0 aromatic carbocycles. The lowest BCUT2D eigenvalue weighted by atomic mass is 9.93. The van der Waals surface area contributed by atoms with Gasteiger partial charge in [-0.25, -0.2) is 4.98 Å². The summed E-state index contributed by atoms with van der Waals surface area (Å²) in [4.78, 5) is 17.6. The highest BCUT2D eigenvalue weighted by Gasteiger charge is 2.24. The fourth-order valence-electron chi connectivity index (χ4n) is 1.94. The maximum Gasteiger partial charge on any atom is 0.271 e. The molecule has 1 aliphatic carbocycles. The molecular weight excluding hydrogens is 230 g/mol. The highest BCUT2D eigenvalue weighted by molar-refractivity contribution is 6.32. The van der Waals surface area contributed by atoms with E-state index < -0.39 is 6.10 Å². The normalized spacial score (nSPS) is 25.4. The van der Waals surface area contributed by atoms with Crippen LogP contribution in [0.2, 0.25) is 5.02 Å². The van der Waals surface area contributed by atoms with E-state index in [9.17, 15) is 9.90 Å². The minimum Gasteiger partial charge on any atom is -0.391 e. The summed E-state index contributed by atoms with van der Waals surface area (Å²) < 4.78 is 0. The van der Waals surface area contributed by atoms with E-state index in [-0.39, 0.29) is 16.6 Å². The van der Waals surface area contributed by atoms with E-state index in [1.165, 1.54) is 6.33 Å². The number of aromatic nitrogens is 2. The Labute approximate surface area is 97.9 Å². The monoisotopic (exact) mass is 243 g/mol. The molecular formula is C10H14ClN3O2. The largest absolute Gasteiger partial charge is 0.391 e. The van der Waals surface area contributed by atoms with Crippen molar-refractivity contribution in [2.45, 2.75) is 37.8 Å². The molecule has 0 radical (unpaired) electrons. The predicted molar refractivity (Wildman–Crippen MR) is 61.8 cm³/mol. The average Bonchev–Trinajstić information content (AvgIpc) is 2.28. The van der Waals surface area contributed by atoms with Crippen molar-refractivity contribution in [3.8, 4) is 0 Å². The molecule has 1 heterocycles. The first-order chi connectivity index (χ1) is 7.68. The fourth-order valence-corrected chi connectivity index (χ4v) is 2.10. The Morgan fingerprint density at radius 3 is 3.00 bits per heavy atom. The Morgan fingerprint density at radius 1 is 1.50 bits per heavy atom. The minimum atomic E-state index is -0.397. The van der Waals surface area contributed by atoms with Crippen molar-refractivity contribution in [3.63, 3.8) is 0 Å². The molecule has 3 N–H and O–H groups in total. The van der Waals surface area contributed by atoms with E-state index in [2.05, 4.69) is 15.3 Å². The van der Waals surface area contributed by atoms with Crippen molar-refractivity contribution in [2.24, 2.45) is 0 Å². The summed E-state index contributed by atoms with van der Waals surface area (Å²) in [6.45, 7) is 0. The van der Waals surface area contributed by atoms with E-state index in [0.29, 0.717) is 5.82 Å². The lowest BCUT2D eigenvalue weighted by Crippen LogP contribution is -2.37. The number of aromatic amines is 1. The van der Waals surface area contributed by atoms with Crippen LogP contribution < -0.4 is 10.9 Å². The smallest absolute Gasteiger partial charge is 0.271 e. The molecule has 0 saturated heterocycles. The van der Waals surface area contributed by atoms with Crippen molar-refractivity contribution in [2.75, 3.05) is 5.32 Å². The zero-order chi connectivity index (χ0) is 11.5. The molecule has 1 aromatic rings. The van der Waals surface area contributed by atoms with Gasteiger partial charge in [-0.1, -0.05) is 24.4 Å².